The summed E-state index contributed by atoms with van der Waals surface area (Å²) in [5.41, 5.74) is 5.17. The first-order valence-corrected chi connectivity index (χ1v) is 3.31. The van der Waals surface area contributed by atoms with E-state index < -0.39 is 12.1 Å². The van der Waals surface area contributed by atoms with Gasteiger partial charge in [0.25, 0.3) is 0 Å². The SMILES string of the molecule is Cl.NCC1CC(C(F)(F)F)C1. The number of alkyl halides is 3. The molecule has 0 aromatic rings. The van der Waals surface area contributed by atoms with Gasteiger partial charge in [-0.1, -0.05) is 0 Å². The van der Waals surface area contributed by atoms with Crippen LogP contribution in [-0.2, 0) is 0 Å². The number of nitrogens with two attached hydrogens (primary N) is 1. The van der Waals surface area contributed by atoms with Gasteiger partial charge in [0.2, 0.25) is 0 Å². The smallest absolute Gasteiger partial charge is 0.330 e. The Bertz CT molecular complexity index is 119. The highest BCUT2D eigenvalue weighted by Gasteiger charge is 2.47. The quantitative estimate of drug-likeness (QED) is 0.671. The van der Waals surface area contributed by atoms with Crippen LogP contribution in [0.4, 0.5) is 13.2 Å². The van der Waals surface area contributed by atoms with Gasteiger partial charge >= 0.3 is 6.18 Å². The van der Waals surface area contributed by atoms with Crippen LogP contribution in [-0.4, -0.2) is 12.7 Å². The van der Waals surface area contributed by atoms with Crippen LogP contribution in [0.5, 0.6) is 0 Å². The molecule has 0 bridgehead atoms. The van der Waals surface area contributed by atoms with E-state index in [-0.39, 0.29) is 31.2 Å². The third-order valence-corrected chi connectivity index (χ3v) is 2.03. The summed E-state index contributed by atoms with van der Waals surface area (Å²) in [6, 6.07) is 0. The van der Waals surface area contributed by atoms with Gasteiger partial charge in [0, 0.05) is 0 Å². The zero-order chi connectivity index (χ0) is 7.78. The van der Waals surface area contributed by atoms with Gasteiger partial charge in [0.05, 0.1) is 5.92 Å². The second-order valence-corrected chi connectivity index (χ2v) is 2.81. The fourth-order valence-corrected chi connectivity index (χ4v) is 1.20. The summed E-state index contributed by atoms with van der Waals surface area (Å²) in [5, 5.41) is 0. The number of hydrogen-bond acceptors (Lipinski definition) is 1. The molecular formula is C6H11ClF3N. The first kappa shape index (κ1) is 11.0. The molecule has 0 aromatic carbocycles. The molecule has 0 unspecified atom stereocenters. The van der Waals surface area contributed by atoms with Gasteiger partial charge in [0.1, 0.15) is 0 Å². The summed E-state index contributed by atoms with van der Waals surface area (Å²) in [6.07, 6.45) is -3.51. The molecule has 1 saturated carbocycles. The van der Waals surface area contributed by atoms with Crippen molar-refractivity contribution < 1.29 is 13.2 Å². The highest BCUT2D eigenvalue weighted by atomic mass is 35.5. The lowest BCUT2D eigenvalue weighted by molar-refractivity contribution is -0.203. The Kier molecular flexibility index (Phi) is 3.64. The standard InChI is InChI=1S/C6H10F3N.ClH/c7-6(8,9)5-1-4(2-5)3-10;/h4-5H,1-3,10H2;1H. The highest BCUT2D eigenvalue weighted by molar-refractivity contribution is 5.85. The van der Waals surface area contributed by atoms with Crippen LogP contribution in [0, 0.1) is 11.8 Å². The molecule has 0 radical (unpaired) electrons. The summed E-state index contributed by atoms with van der Waals surface area (Å²) < 4.78 is 35.3. The predicted octanol–water partition coefficient (Wildman–Crippen LogP) is 1.96. The number of rotatable bonds is 1. The summed E-state index contributed by atoms with van der Waals surface area (Å²) >= 11 is 0. The molecule has 1 aliphatic carbocycles. The van der Waals surface area contributed by atoms with E-state index in [4.69, 9.17) is 5.73 Å². The second-order valence-electron chi connectivity index (χ2n) is 2.81. The van der Waals surface area contributed by atoms with Crippen LogP contribution in [0.2, 0.25) is 0 Å². The van der Waals surface area contributed by atoms with Crippen molar-refractivity contribution in [1.82, 2.24) is 0 Å². The zero-order valence-corrected chi connectivity index (χ0v) is 6.71. The van der Waals surface area contributed by atoms with Crippen molar-refractivity contribution in [1.29, 1.82) is 0 Å². The van der Waals surface area contributed by atoms with Gasteiger partial charge in [-0.15, -0.1) is 12.4 Å². The van der Waals surface area contributed by atoms with Crippen molar-refractivity contribution in [2.45, 2.75) is 19.0 Å². The van der Waals surface area contributed by atoms with E-state index in [1.807, 2.05) is 0 Å². The normalized spacial score (nSPS) is 30.5. The molecule has 1 aliphatic rings. The van der Waals surface area contributed by atoms with E-state index in [1.165, 1.54) is 0 Å². The molecule has 0 aromatic heterocycles. The van der Waals surface area contributed by atoms with E-state index in [0.717, 1.165) is 0 Å². The van der Waals surface area contributed by atoms with Crippen LogP contribution >= 0.6 is 12.4 Å². The third kappa shape index (κ3) is 2.52. The zero-order valence-electron chi connectivity index (χ0n) is 5.90. The Morgan fingerprint density at radius 1 is 1.27 bits per heavy atom. The van der Waals surface area contributed by atoms with E-state index in [2.05, 4.69) is 0 Å². The fourth-order valence-electron chi connectivity index (χ4n) is 1.20. The molecular weight excluding hydrogens is 179 g/mol. The third-order valence-electron chi connectivity index (χ3n) is 2.03. The summed E-state index contributed by atoms with van der Waals surface area (Å²) in [4.78, 5) is 0. The first-order chi connectivity index (χ1) is 4.54. The van der Waals surface area contributed by atoms with Gasteiger partial charge in [0.15, 0.2) is 0 Å². The van der Waals surface area contributed by atoms with Crippen molar-refractivity contribution >= 4 is 12.4 Å². The van der Waals surface area contributed by atoms with Gasteiger partial charge in [-0.05, 0) is 25.3 Å². The first-order valence-electron chi connectivity index (χ1n) is 3.31. The monoisotopic (exact) mass is 189 g/mol. The topological polar surface area (TPSA) is 26.0 Å². The van der Waals surface area contributed by atoms with Crippen molar-refractivity contribution in [3.63, 3.8) is 0 Å². The Morgan fingerprint density at radius 3 is 2.00 bits per heavy atom. The Labute approximate surface area is 69.5 Å². The minimum absolute atomic E-state index is 0. The van der Waals surface area contributed by atoms with E-state index in [1.54, 1.807) is 0 Å². The van der Waals surface area contributed by atoms with Crippen molar-refractivity contribution in [2.24, 2.45) is 17.6 Å². The second kappa shape index (κ2) is 3.63. The van der Waals surface area contributed by atoms with Crippen LogP contribution in [0.3, 0.4) is 0 Å². The molecule has 11 heavy (non-hydrogen) atoms. The van der Waals surface area contributed by atoms with Gasteiger partial charge in [-0.3, -0.25) is 0 Å². The summed E-state index contributed by atoms with van der Waals surface area (Å²) in [5.74, 6) is -0.951. The molecule has 1 rings (SSSR count). The van der Waals surface area contributed by atoms with E-state index >= 15 is 0 Å². The molecule has 0 atom stereocenters. The van der Waals surface area contributed by atoms with Crippen molar-refractivity contribution in [3.05, 3.63) is 0 Å². The number of hydrogen-bond donors (Lipinski definition) is 1. The molecule has 5 heteroatoms. The predicted molar refractivity (Wildman–Crippen MR) is 38.6 cm³/mol. The minimum Gasteiger partial charge on any atom is -0.330 e. The average molecular weight is 190 g/mol. The van der Waals surface area contributed by atoms with Crippen LogP contribution in [0.15, 0.2) is 0 Å². The molecule has 0 heterocycles. The lowest BCUT2D eigenvalue weighted by Gasteiger charge is -2.35. The van der Waals surface area contributed by atoms with Gasteiger partial charge in [-0.25, -0.2) is 0 Å². The largest absolute Gasteiger partial charge is 0.391 e. The molecule has 68 valence electrons. The van der Waals surface area contributed by atoms with Crippen molar-refractivity contribution in [2.75, 3.05) is 6.54 Å². The fraction of sp³-hybridized carbons (Fsp3) is 1.00. The molecule has 0 saturated heterocycles. The Balaban J connectivity index is 0.000001000. The molecule has 1 nitrogen and oxygen atoms in total. The summed E-state index contributed by atoms with van der Waals surface area (Å²) in [7, 11) is 0. The Hall–Kier alpha value is 0.0400. The van der Waals surface area contributed by atoms with E-state index in [9.17, 15) is 13.2 Å². The average Bonchev–Trinajstić information content (AvgIpc) is 1.57. The lowest BCUT2D eigenvalue weighted by atomic mass is 9.74. The van der Waals surface area contributed by atoms with Crippen LogP contribution in [0.25, 0.3) is 0 Å². The Morgan fingerprint density at radius 2 is 1.73 bits per heavy atom. The molecule has 0 amide bonds. The number of halogens is 4. The van der Waals surface area contributed by atoms with Crippen molar-refractivity contribution in [3.8, 4) is 0 Å². The van der Waals surface area contributed by atoms with Gasteiger partial charge in [-0.2, -0.15) is 13.2 Å². The molecule has 0 spiro atoms. The van der Waals surface area contributed by atoms with Crippen LogP contribution < -0.4 is 5.73 Å². The van der Waals surface area contributed by atoms with Gasteiger partial charge < -0.3 is 5.73 Å². The maximum absolute atomic E-state index is 11.8. The van der Waals surface area contributed by atoms with E-state index in [0.29, 0.717) is 6.54 Å². The lowest BCUT2D eigenvalue weighted by Crippen LogP contribution is -2.38. The molecule has 2 N–H and O–H groups in total. The molecule has 0 aliphatic heterocycles. The maximum Gasteiger partial charge on any atom is 0.391 e. The molecule has 1 fully saturated rings. The minimum atomic E-state index is -3.98. The maximum atomic E-state index is 11.8. The summed E-state index contributed by atoms with van der Waals surface area (Å²) in [6.45, 7) is 0.395. The van der Waals surface area contributed by atoms with Crippen LogP contribution in [0.1, 0.15) is 12.8 Å². The highest BCUT2D eigenvalue weighted by Crippen LogP contribution is 2.43.